The molecule has 1 heterocycles. The van der Waals surface area contributed by atoms with Gasteiger partial charge >= 0.3 is 0 Å². The van der Waals surface area contributed by atoms with Crippen molar-refractivity contribution in [2.24, 2.45) is 0 Å². The summed E-state index contributed by atoms with van der Waals surface area (Å²) in [4.78, 5) is 14.7. The van der Waals surface area contributed by atoms with Crippen LogP contribution in [0.4, 0.5) is 5.82 Å². The summed E-state index contributed by atoms with van der Waals surface area (Å²) >= 11 is 0. The van der Waals surface area contributed by atoms with Crippen LogP contribution in [0.1, 0.15) is 25.7 Å². The average Bonchev–Trinajstić information content (AvgIpc) is 2.84. The zero-order valence-corrected chi connectivity index (χ0v) is 10.8. The fourth-order valence-corrected chi connectivity index (χ4v) is 2.78. The number of hydrogen-bond donors (Lipinski definition) is 3. The van der Waals surface area contributed by atoms with E-state index >= 15 is 0 Å². The Morgan fingerprint density at radius 3 is 2.79 bits per heavy atom. The molecular weight excluding hydrogens is 240 g/mol. The lowest BCUT2D eigenvalue weighted by Crippen LogP contribution is -2.34. The Labute approximate surface area is 111 Å². The zero-order chi connectivity index (χ0) is 13.3. The van der Waals surface area contributed by atoms with Crippen LogP contribution < -0.4 is 10.9 Å². The van der Waals surface area contributed by atoms with Gasteiger partial charge in [-0.15, -0.1) is 0 Å². The normalized spacial score (nSPS) is 17.7. The Bertz CT molecular complexity index is 642. The van der Waals surface area contributed by atoms with E-state index in [-0.39, 0.29) is 5.56 Å². The smallest absolute Gasteiger partial charge is 0.257 e. The number of aromatic nitrogens is 1. The van der Waals surface area contributed by atoms with E-state index in [0.29, 0.717) is 17.7 Å². The van der Waals surface area contributed by atoms with Crippen molar-refractivity contribution in [2.75, 3.05) is 11.9 Å². The molecule has 3 N–H and O–H groups in total. The van der Waals surface area contributed by atoms with Gasteiger partial charge < -0.3 is 15.4 Å². The summed E-state index contributed by atoms with van der Waals surface area (Å²) in [7, 11) is 0. The summed E-state index contributed by atoms with van der Waals surface area (Å²) in [5.74, 6) is 0.670. The van der Waals surface area contributed by atoms with E-state index < -0.39 is 5.60 Å². The highest BCUT2D eigenvalue weighted by Gasteiger charge is 2.30. The number of aromatic amines is 1. The molecule has 4 nitrogen and oxygen atoms in total. The van der Waals surface area contributed by atoms with Crippen molar-refractivity contribution in [3.8, 4) is 0 Å². The van der Waals surface area contributed by atoms with Crippen LogP contribution in [-0.4, -0.2) is 22.2 Å². The van der Waals surface area contributed by atoms with E-state index in [1.165, 1.54) is 0 Å². The first-order chi connectivity index (χ1) is 9.16. The Balaban J connectivity index is 1.83. The molecule has 4 heteroatoms. The van der Waals surface area contributed by atoms with Gasteiger partial charge in [0.15, 0.2) is 0 Å². The predicted octanol–water partition coefficient (Wildman–Crippen LogP) is 2.25. The van der Waals surface area contributed by atoms with Crippen molar-refractivity contribution < 1.29 is 5.11 Å². The molecule has 1 aliphatic carbocycles. The predicted molar refractivity (Wildman–Crippen MR) is 76.5 cm³/mol. The van der Waals surface area contributed by atoms with E-state index in [0.717, 1.165) is 31.1 Å². The van der Waals surface area contributed by atoms with Crippen LogP contribution in [0.25, 0.3) is 10.8 Å². The second kappa shape index (κ2) is 4.70. The van der Waals surface area contributed by atoms with Gasteiger partial charge in [-0.05, 0) is 30.4 Å². The molecular formula is C15H18N2O2. The van der Waals surface area contributed by atoms with Crippen LogP contribution in [0.15, 0.2) is 35.1 Å². The Morgan fingerprint density at radius 2 is 2.00 bits per heavy atom. The lowest BCUT2D eigenvalue weighted by Gasteiger charge is -2.22. The number of nitrogens with one attached hydrogen (secondary N) is 2. The topological polar surface area (TPSA) is 65.1 Å². The standard InChI is InChI=1S/C15H18N2O2/c18-14-12-6-2-1-5-11(12)9-13(17-14)16-10-15(19)7-3-4-8-15/h1-2,5-6,9,19H,3-4,7-8,10H2,(H2,16,17,18). The molecule has 0 unspecified atom stereocenters. The summed E-state index contributed by atoms with van der Waals surface area (Å²) in [6.45, 7) is 0.487. The fraction of sp³-hybridized carbons (Fsp3) is 0.400. The Kier molecular flexibility index (Phi) is 3.03. The first-order valence-corrected chi connectivity index (χ1v) is 6.75. The maximum Gasteiger partial charge on any atom is 0.257 e. The van der Waals surface area contributed by atoms with Crippen LogP contribution >= 0.6 is 0 Å². The highest BCUT2D eigenvalue weighted by molar-refractivity contribution is 5.83. The van der Waals surface area contributed by atoms with Crippen molar-refractivity contribution in [2.45, 2.75) is 31.3 Å². The van der Waals surface area contributed by atoms with Gasteiger partial charge in [0.25, 0.3) is 5.56 Å². The lowest BCUT2D eigenvalue weighted by atomic mass is 10.0. The number of benzene rings is 1. The zero-order valence-electron chi connectivity index (χ0n) is 10.8. The minimum Gasteiger partial charge on any atom is -0.388 e. The van der Waals surface area contributed by atoms with Gasteiger partial charge in [0.05, 0.1) is 5.60 Å². The number of aliphatic hydroxyl groups is 1. The third-order valence-corrected chi connectivity index (χ3v) is 3.90. The molecule has 1 fully saturated rings. The second-order valence-electron chi connectivity index (χ2n) is 5.38. The summed E-state index contributed by atoms with van der Waals surface area (Å²) in [5.41, 5.74) is -0.721. The Hall–Kier alpha value is -1.81. The summed E-state index contributed by atoms with van der Waals surface area (Å²) < 4.78 is 0. The van der Waals surface area contributed by atoms with Gasteiger partial charge in [-0.25, -0.2) is 0 Å². The molecule has 0 bridgehead atoms. The van der Waals surface area contributed by atoms with Crippen LogP contribution in [0.2, 0.25) is 0 Å². The molecule has 0 atom stereocenters. The molecule has 1 aliphatic rings. The van der Waals surface area contributed by atoms with Crippen LogP contribution in [0.3, 0.4) is 0 Å². The number of H-pyrrole nitrogens is 1. The second-order valence-corrected chi connectivity index (χ2v) is 5.38. The first kappa shape index (κ1) is 12.2. The molecule has 0 radical (unpaired) electrons. The van der Waals surface area contributed by atoms with Crippen molar-refractivity contribution in [3.63, 3.8) is 0 Å². The minimum absolute atomic E-state index is 0.0981. The molecule has 0 aliphatic heterocycles. The highest BCUT2D eigenvalue weighted by atomic mass is 16.3. The van der Waals surface area contributed by atoms with E-state index in [1.54, 1.807) is 0 Å². The van der Waals surface area contributed by atoms with Crippen LogP contribution in [-0.2, 0) is 0 Å². The summed E-state index contributed by atoms with van der Waals surface area (Å²) in [5, 5.41) is 15.0. The van der Waals surface area contributed by atoms with Crippen LogP contribution in [0.5, 0.6) is 0 Å². The summed E-state index contributed by atoms with van der Waals surface area (Å²) in [6, 6.07) is 9.40. The lowest BCUT2D eigenvalue weighted by molar-refractivity contribution is 0.0614. The third kappa shape index (κ3) is 2.49. The van der Waals surface area contributed by atoms with Gasteiger partial charge in [0, 0.05) is 11.9 Å². The number of hydrogen-bond acceptors (Lipinski definition) is 3. The number of anilines is 1. The van der Waals surface area contributed by atoms with Crippen molar-refractivity contribution in [1.82, 2.24) is 4.98 Å². The molecule has 0 saturated heterocycles. The van der Waals surface area contributed by atoms with Gasteiger partial charge in [0.1, 0.15) is 5.82 Å². The molecule has 1 aromatic heterocycles. The first-order valence-electron chi connectivity index (χ1n) is 6.75. The quantitative estimate of drug-likeness (QED) is 0.791. The van der Waals surface area contributed by atoms with Gasteiger partial charge in [-0.3, -0.25) is 4.79 Å². The van der Waals surface area contributed by atoms with Gasteiger partial charge in [0.2, 0.25) is 0 Å². The number of rotatable bonds is 3. The molecule has 2 aromatic rings. The maximum atomic E-state index is 11.9. The minimum atomic E-state index is -0.622. The van der Waals surface area contributed by atoms with Crippen molar-refractivity contribution >= 4 is 16.6 Å². The average molecular weight is 258 g/mol. The molecule has 3 rings (SSSR count). The van der Waals surface area contributed by atoms with E-state index in [2.05, 4.69) is 10.3 Å². The summed E-state index contributed by atoms with van der Waals surface area (Å²) in [6.07, 6.45) is 3.81. The van der Waals surface area contributed by atoms with Crippen molar-refractivity contribution in [1.29, 1.82) is 0 Å². The van der Waals surface area contributed by atoms with Crippen LogP contribution in [0, 0.1) is 0 Å². The van der Waals surface area contributed by atoms with Gasteiger partial charge in [-0.2, -0.15) is 0 Å². The van der Waals surface area contributed by atoms with E-state index in [4.69, 9.17) is 0 Å². The maximum absolute atomic E-state index is 11.9. The molecule has 1 aromatic carbocycles. The third-order valence-electron chi connectivity index (χ3n) is 3.90. The SMILES string of the molecule is O=c1[nH]c(NCC2(O)CCCC2)cc2ccccc12. The molecule has 0 amide bonds. The molecule has 1 saturated carbocycles. The monoisotopic (exact) mass is 258 g/mol. The van der Waals surface area contributed by atoms with E-state index in [1.807, 2.05) is 30.3 Å². The molecule has 19 heavy (non-hydrogen) atoms. The number of fused-ring (bicyclic) bond motifs is 1. The van der Waals surface area contributed by atoms with Crippen molar-refractivity contribution in [3.05, 3.63) is 40.7 Å². The van der Waals surface area contributed by atoms with Gasteiger partial charge in [-0.1, -0.05) is 31.0 Å². The fourth-order valence-electron chi connectivity index (χ4n) is 2.78. The van der Waals surface area contributed by atoms with E-state index in [9.17, 15) is 9.90 Å². The molecule has 100 valence electrons. The molecule has 0 spiro atoms. The number of pyridine rings is 1. The Morgan fingerprint density at radius 1 is 1.26 bits per heavy atom. The largest absolute Gasteiger partial charge is 0.388 e. The highest BCUT2D eigenvalue weighted by Crippen LogP contribution is 2.29.